The quantitative estimate of drug-likeness (QED) is 0.770. The van der Waals surface area contributed by atoms with Gasteiger partial charge in [-0.05, 0) is 30.9 Å². The molecule has 132 valence electrons. The minimum Gasteiger partial charge on any atom is -0.496 e. The highest BCUT2D eigenvalue weighted by Gasteiger charge is 2.65. The zero-order valence-corrected chi connectivity index (χ0v) is 13.3. The van der Waals surface area contributed by atoms with Crippen molar-refractivity contribution in [1.82, 2.24) is 0 Å². The maximum absolute atomic E-state index is 13.0. The van der Waals surface area contributed by atoms with Crippen LogP contribution in [0.25, 0.3) is 0 Å². The Morgan fingerprint density at radius 3 is 2.50 bits per heavy atom. The molecule has 2 N–H and O–H groups in total. The van der Waals surface area contributed by atoms with Gasteiger partial charge in [-0.25, -0.2) is 0 Å². The van der Waals surface area contributed by atoms with Crippen LogP contribution in [0.3, 0.4) is 0 Å². The van der Waals surface area contributed by atoms with Gasteiger partial charge in [0, 0.05) is 5.56 Å². The molecule has 0 saturated heterocycles. The van der Waals surface area contributed by atoms with Crippen molar-refractivity contribution in [3.63, 3.8) is 0 Å². The van der Waals surface area contributed by atoms with Crippen molar-refractivity contribution in [3.8, 4) is 5.75 Å². The summed E-state index contributed by atoms with van der Waals surface area (Å²) < 4.78 is 48.8. The largest absolute Gasteiger partial charge is 0.496 e. The van der Waals surface area contributed by atoms with Crippen LogP contribution in [0.4, 0.5) is 13.2 Å². The van der Waals surface area contributed by atoms with Gasteiger partial charge in [0.05, 0.1) is 14.2 Å². The highest BCUT2D eigenvalue weighted by molar-refractivity contribution is 5.75. The standard InChI is InChI=1S/C15H18F3N3O3/c1-23-12-8-10(14(20-21-14)15(16,17)18)7-6-9(12)4-3-5-11(19)13(22)24-2/h6-8,11H,3-5,19H2,1-2H3/t11-/m0/s1. The highest BCUT2D eigenvalue weighted by Crippen LogP contribution is 2.53. The number of halogens is 3. The lowest BCUT2D eigenvalue weighted by Crippen LogP contribution is -2.31. The SMILES string of the molecule is COC(=O)[C@@H](N)CCCc1ccc(C2(C(F)(F)F)N=N2)cc1OC. The summed E-state index contributed by atoms with van der Waals surface area (Å²) in [5.74, 6) is -0.179. The molecule has 0 fully saturated rings. The second-order valence-corrected chi connectivity index (χ2v) is 5.42. The number of ether oxygens (including phenoxy) is 2. The molecule has 6 nitrogen and oxygen atoms in total. The van der Waals surface area contributed by atoms with Crippen molar-refractivity contribution in [2.75, 3.05) is 14.2 Å². The monoisotopic (exact) mass is 345 g/mol. The molecule has 1 aliphatic heterocycles. The number of methoxy groups -OCH3 is 2. The van der Waals surface area contributed by atoms with E-state index in [0.717, 1.165) is 5.56 Å². The second kappa shape index (κ2) is 6.76. The Labute approximate surface area is 136 Å². The fourth-order valence-electron chi connectivity index (χ4n) is 2.39. The third kappa shape index (κ3) is 3.50. The maximum Gasteiger partial charge on any atom is 0.442 e. The highest BCUT2D eigenvalue weighted by atomic mass is 19.4. The summed E-state index contributed by atoms with van der Waals surface area (Å²) in [6.07, 6.45) is -3.12. The van der Waals surface area contributed by atoms with Gasteiger partial charge < -0.3 is 15.2 Å². The van der Waals surface area contributed by atoms with Crippen LogP contribution in [-0.4, -0.2) is 32.4 Å². The molecular formula is C15H18F3N3O3. The summed E-state index contributed by atoms with van der Waals surface area (Å²) in [6.45, 7) is 0. The van der Waals surface area contributed by atoms with Crippen LogP contribution in [0.15, 0.2) is 28.4 Å². The fourth-order valence-corrected chi connectivity index (χ4v) is 2.39. The number of alkyl halides is 3. The van der Waals surface area contributed by atoms with E-state index in [1.807, 2.05) is 0 Å². The summed E-state index contributed by atoms with van der Waals surface area (Å²) in [7, 11) is 2.64. The lowest BCUT2D eigenvalue weighted by molar-refractivity contribution is -0.166. The van der Waals surface area contributed by atoms with E-state index >= 15 is 0 Å². The number of esters is 1. The summed E-state index contributed by atoms with van der Waals surface area (Å²) in [5, 5.41) is 6.34. The van der Waals surface area contributed by atoms with Gasteiger partial charge in [-0.3, -0.25) is 4.79 Å². The van der Waals surface area contributed by atoms with Gasteiger partial charge >= 0.3 is 17.8 Å². The zero-order valence-electron chi connectivity index (χ0n) is 13.3. The zero-order chi connectivity index (χ0) is 18.0. The van der Waals surface area contributed by atoms with Crippen LogP contribution in [0.5, 0.6) is 5.75 Å². The first-order chi connectivity index (χ1) is 11.2. The number of hydrogen-bond donors (Lipinski definition) is 1. The maximum atomic E-state index is 13.0. The van der Waals surface area contributed by atoms with E-state index in [4.69, 9.17) is 10.5 Å². The van der Waals surface area contributed by atoms with Crippen LogP contribution < -0.4 is 10.5 Å². The molecular weight excluding hydrogens is 327 g/mol. The first kappa shape index (κ1) is 18.2. The summed E-state index contributed by atoms with van der Waals surface area (Å²) >= 11 is 0. The average Bonchev–Trinajstić information content (AvgIpc) is 3.35. The van der Waals surface area contributed by atoms with Crippen molar-refractivity contribution in [2.45, 2.75) is 37.1 Å². The van der Waals surface area contributed by atoms with E-state index in [-0.39, 0.29) is 5.56 Å². The molecule has 0 spiro atoms. The van der Waals surface area contributed by atoms with Crippen molar-refractivity contribution in [2.24, 2.45) is 16.0 Å². The molecule has 0 aromatic heterocycles. The van der Waals surface area contributed by atoms with Gasteiger partial charge in [0.1, 0.15) is 11.8 Å². The normalized spacial score (nSPS) is 16.6. The molecule has 24 heavy (non-hydrogen) atoms. The molecule has 1 atom stereocenters. The number of benzene rings is 1. The van der Waals surface area contributed by atoms with Crippen LogP contribution in [-0.2, 0) is 21.6 Å². The Kier molecular flexibility index (Phi) is 5.12. The molecule has 0 unspecified atom stereocenters. The molecule has 1 aromatic carbocycles. The molecule has 9 heteroatoms. The number of carbonyl (C=O) groups is 1. The predicted octanol–water partition coefficient (Wildman–Crippen LogP) is 2.70. The molecule has 1 heterocycles. The summed E-state index contributed by atoms with van der Waals surface area (Å²) in [5.41, 5.74) is 3.82. The first-order valence-corrected chi connectivity index (χ1v) is 7.26. The van der Waals surface area contributed by atoms with E-state index in [1.54, 1.807) is 6.07 Å². The first-order valence-electron chi connectivity index (χ1n) is 7.26. The minimum absolute atomic E-state index is 0.0816. The predicted molar refractivity (Wildman–Crippen MR) is 78.5 cm³/mol. The van der Waals surface area contributed by atoms with Gasteiger partial charge in [0.15, 0.2) is 0 Å². The number of rotatable bonds is 7. The molecule has 1 aromatic rings. The number of aryl methyl sites for hydroxylation is 1. The third-order valence-corrected chi connectivity index (χ3v) is 3.85. The summed E-state index contributed by atoms with van der Waals surface area (Å²) in [4.78, 5) is 11.2. The van der Waals surface area contributed by atoms with Crippen LogP contribution in [0, 0.1) is 0 Å². The van der Waals surface area contributed by atoms with Gasteiger partial charge in [0.25, 0.3) is 0 Å². The molecule has 0 bridgehead atoms. The lowest BCUT2D eigenvalue weighted by Gasteiger charge is -2.17. The van der Waals surface area contributed by atoms with E-state index < -0.39 is 23.9 Å². The second-order valence-electron chi connectivity index (χ2n) is 5.42. The van der Waals surface area contributed by atoms with E-state index in [0.29, 0.717) is 25.0 Å². The third-order valence-electron chi connectivity index (χ3n) is 3.85. The Morgan fingerprint density at radius 1 is 1.33 bits per heavy atom. The van der Waals surface area contributed by atoms with Crippen LogP contribution in [0.2, 0.25) is 0 Å². The van der Waals surface area contributed by atoms with Gasteiger partial charge in [-0.2, -0.15) is 13.2 Å². The van der Waals surface area contributed by atoms with Gasteiger partial charge in [0.2, 0.25) is 0 Å². The van der Waals surface area contributed by atoms with Crippen LogP contribution in [0.1, 0.15) is 24.0 Å². The average molecular weight is 345 g/mol. The van der Waals surface area contributed by atoms with E-state index in [9.17, 15) is 18.0 Å². The Morgan fingerprint density at radius 2 is 2.00 bits per heavy atom. The van der Waals surface area contributed by atoms with E-state index in [2.05, 4.69) is 15.0 Å². The number of hydrogen-bond acceptors (Lipinski definition) is 6. The number of carbonyl (C=O) groups excluding carboxylic acids is 1. The van der Waals surface area contributed by atoms with Crippen molar-refractivity contribution >= 4 is 5.97 Å². The molecule has 0 amide bonds. The Balaban J connectivity index is 2.06. The smallest absolute Gasteiger partial charge is 0.442 e. The molecule has 1 aliphatic rings. The molecule has 0 saturated carbocycles. The van der Waals surface area contributed by atoms with Crippen LogP contribution >= 0.6 is 0 Å². The lowest BCUT2D eigenvalue weighted by atomic mass is 9.97. The Hall–Kier alpha value is -2.16. The Bertz CT molecular complexity index is 641. The van der Waals surface area contributed by atoms with Gasteiger partial charge in [-0.1, -0.05) is 12.1 Å². The van der Waals surface area contributed by atoms with Crippen molar-refractivity contribution in [3.05, 3.63) is 29.3 Å². The van der Waals surface area contributed by atoms with Crippen molar-refractivity contribution in [1.29, 1.82) is 0 Å². The molecule has 0 radical (unpaired) electrons. The molecule has 2 rings (SSSR count). The number of nitrogens with zero attached hydrogens (tertiary/aromatic N) is 2. The van der Waals surface area contributed by atoms with E-state index in [1.165, 1.54) is 26.4 Å². The fraction of sp³-hybridized carbons (Fsp3) is 0.533. The topological polar surface area (TPSA) is 86.3 Å². The minimum atomic E-state index is -4.58. The summed E-state index contributed by atoms with van der Waals surface area (Å²) in [6, 6.07) is 3.46. The number of nitrogens with two attached hydrogens (primary N) is 1. The van der Waals surface area contributed by atoms with Crippen molar-refractivity contribution < 1.29 is 27.4 Å². The van der Waals surface area contributed by atoms with Gasteiger partial charge in [-0.15, -0.1) is 10.2 Å². The molecule has 0 aliphatic carbocycles.